The van der Waals surface area contributed by atoms with Crippen LogP contribution in [0.15, 0.2) is 59.3 Å². The maximum atomic E-state index is 6.02. The summed E-state index contributed by atoms with van der Waals surface area (Å²) in [6.07, 6.45) is 3.51. The summed E-state index contributed by atoms with van der Waals surface area (Å²) in [5.41, 5.74) is 1.05. The Bertz CT molecular complexity index is 842. The molecule has 1 aliphatic rings. The first kappa shape index (κ1) is 17.1. The molecule has 0 amide bonds. The fraction of sp³-hybridized carbons (Fsp3) is 0.300. The van der Waals surface area contributed by atoms with E-state index in [1.807, 2.05) is 48.7 Å². The highest BCUT2D eigenvalue weighted by molar-refractivity contribution is 6.30. The number of pyridine rings is 1. The quantitative estimate of drug-likeness (QED) is 0.688. The van der Waals surface area contributed by atoms with E-state index in [4.69, 9.17) is 16.0 Å². The van der Waals surface area contributed by atoms with Crippen LogP contribution in [0.3, 0.4) is 0 Å². The molecule has 1 aliphatic heterocycles. The summed E-state index contributed by atoms with van der Waals surface area (Å²) >= 11 is 5.92. The molecule has 1 saturated heterocycles. The lowest BCUT2D eigenvalue weighted by molar-refractivity contribution is 0.173. The Morgan fingerprint density at radius 1 is 0.962 bits per heavy atom. The van der Waals surface area contributed by atoms with Crippen LogP contribution in [0.25, 0.3) is 11.3 Å². The van der Waals surface area contributed by atoms with Crippen molar-refractivity contribution in [3.05, 3.63) is 65.8 Å². The molecule has 1 fully saturated rings. The van der Waals surface area contributed by atoms with E-state index in [9.17, 15) is 0 Å². The Balaban J connectivity index is 1.40. The maximum absolute atomic E-state index is 6.02. The average Bonchev–Trinajstić information content (AvgIpc) is 3.19. The monoisotopic (exact) mass is 368 g/mol. The molecular weight excluding hydrogens is 348 g/mol. The van der Waals surface area contributed by atoms with Crippen molar-refractivity contribution in [2.75, 3.05) is 31.1 Å². The van der Waals surface area contributed by atoms with Crippen molar-refractivity contribution in [3.8, 4) is 11.3 Å². The van der Waals surface area contributed by atoms with Gasteiger partial charge in [0.1, 0.15) is 5.82 Å². The summed E-state index contributed by atoms with van der Waals surface area (Å²) < 4.78 is 6.02. The van der Waals surface area contributed by atoms with Gasteiger partial charge in [-0.2, -0.15) is 0 Å². The number of rotatable bonds is 4. The van der Waals surface area contributed by atoms with Crippen LogP contribution in [-0.4, -0.2) is 41.0 Å². The van der Waals surface area contributed by atoms with Crippen LogP contribution in [-0.2, 0) is 0 Å². The van der Waals surface area contributed by atoms with Crippen LogP contribution in [0, 0.1) is 0 Å². The Labute approximate surface area is 158 Å². The number of anilines is 1. The minimum absolute atomic E-state index is 0.146. The van der Waals surface area contributed by atoms with Crippen molar-refractivity contribution in [1.82, 2.24) is 14.9 Å². The van der Waals surface area contributed by atoms with Gasteiger partial charge in [0.25, 0.3) is 0 Å². The molecule has 0 aliphatic carbocycles. The molecule has 0 saturated carbocycles. The molecule has 6 heteroatoms. The van der Waals surface area contributed by atoms with E-state index < -0.39 is 0 Å². The molecule has 0 spiro atoms. The van der Waals surface area contributed by atoms with Gasteiger partial charge in [0, 0.05) is 37.9 Å². The van der Waals surface area contributed by atoms with Crippen LogP contribution >= 0.6 is 11.6 Å². The summed E-state index contributed by atoms with van der Waals surface area (Å²) in [6.45, 7) is 5.87. The van der Waals surface area contributed by atoms with Gasteiger partial charge < -0.3 is 9.32 Å². The number of hydrogen-bond donors (Lipinski definition) is 0. The van der Waals surface area contributed by atoms with E-state index in [1.165, 1.54) is 0 Å². The first-order valence-electron chi connectivity index (χ1n) is 8.82. The number of piperazine rings is 1. The van der Waals surface area contributed by atoms with Crippen molar-refractivity contribution in [3.63, 3.8) is 0 Å². The van der Waals surface area contributed by atoms with Crippen molar-refractivity contribution in [2.45, 2.75) is 13.0 Å². The third-order valence-electron chi connectivity index (χ3n) is 4.84. The van der Waals surface area contributed by atoms with E-state index in [1.54, 1.807) is 6.20 Å². The zero-order chi connectivity index (χ0) is 17.9. The predicted octanol–water partition coefficient (Wildman–Crippen LogP) is 4.27. The summed E-state index contributed by atoms with van der Waals surface area (Å²) in [7, 11) is 0. The zero-order valence-electron chi connectivity index (χ0n) is 14.7. The molecule has 3 heterocycles. The van der Waals surface area contributed by atoms with Crippen LogP contribution in [0.2, 0.25) is 5.02 Å². The van der Waals surface area contributed by atoms with Crippen molar-refractivity contribution in [1.29, 1.82) is 0 Å². The molecule has 4 rings (SSSR count). The molecule has 0 bridgehead atoms. The molecule has 0 N–H and O–H groups in total. The first-order valence-corrected chi connectivity index (χ1v) is 9.20. The lowest BCUT2D eigenvalue weighted by atomic mass is 10.2. The molecule has 1 atom stereocenters. The van der Waals surface area contributed by atoms with Crippen LogP contribution in [0.5, 0.6) is 0 Å². The number of halogens is 1. The number of oxazole rings is 1. The van der Waals surface area contributed by atoms with Gasteiger partial charge in [0.15, 0.2) is 5.76 Å². The lowest BCUT2D eigenvalue weighted by Gasteiger charge is -2.37. The van der Waals surface area contributed by atoms with E-state index >= 15 is 0 Å². The largest absolute Gasteiger partial charge is 0.439 e. The minimum Gasteiger partial charge on any atom is -0.439 e. The second-order valence-electron chi connectivity index (χ2n) is 6.46. The number of benzene rings is 1. The fourth-order valence-electron chi connectivity index (χ4n) is 3.27. The van der Waals surface area contributed by atoms with Crippen LogP contribution in [0.1, 0.15) is 18.9 Å². The predicted molar refractivity (Wildman–Crippen MR) is 103 cm³/mol. The summed E-state index contributed by atoms with van der Waals surface area (Å²) in [4.78, 5) is 13.6. The highest BCUT2D eigenvalue weighted by atomic mass is 35.5. The highest BCUT2D eigenvalue weighted by Gasteiger charge is 2.25. The summed E-state index contributed by atoms with van der Waals surface area (Å²) in [5, 5.41) is 0.666. The van der Waals surface area contributed by atoms with Crippen molar-refractivity contribution < 1.29 is 4.42 Å². The smallest absolute Gasteiger partial charge is 0.211 e. The molecule has 2 aromatic heterocycles. The van der Waals surface area contributed by atoms with Gasteiger partial charge in [-0.15, -0.1) is 0 Å². The second-order valence-corrected chi connectivity index (χ2v) is 6.90. The SMILES string of the molecule is CC(c1ncc(-c2ccccc2)o1)N1CCN(c2ccc(Cl)cn2)CC1. The van der Waals surface area contributed by atoms with Gasteiger partial charge in [0.05, 0.1) is 17.3 Å². The van der Waals surface area contributed by atoms with Crippen LogP contribution in [0.4, 0.5) is 5.82 Å². The average molecular weight is 369 g/mol. The molecule has 5 nitrogen and oxygen atoms in total. The molecule has 134 valence electrons. The zero-order valence-corrected chi connectivity index (χ0v) is 15.4. The summed E-state index contributed by atoms with van der Waals surface area (Å²) in [5.74, 6) is 2.56. The number of nitrogens with zero attached hydrogens (tertiary/aromatic N) is 4. The normalized spacial score (nSPS) is 16.6. The third kappa shape index (κ3) is 3.59. The van der Waals surface area contributed by atoms with Crippen molar-refractivity contribution >= 4 is 17.4 Å². The van der Waals surface area contributed by atoms with Crippen LogP contribution < -0.4 is 4.90 Å². The van der Waals surface area contributed by atoms with Gasteiger partial charge >= 0.3 is 0 Å². The van der Waals surface area contributed by atoms with Crippen molar-refractivity contribution in [2.24, 2.45) is 0 Å². The van der Waals surface area contributed by atoms with Gasteiger partial charge in [-0.25, -0.2) is 9.97 Å². The molecular formula is C20H21ClN4O. The van der Waals surface area contributed by atoms with E-state index in [0.717, 1.165) is 49.2 Å². The van der Waals surface area contributed by atoms with E-state index in [2.05, 4.69) is 26.7 Å². The first-order chi connectivity index (χ1) is 12.7. The lowest BCUT2D eigenvalue weighted by Crippen LogP contribution is -2.47. The fourth-order valence-corrected chi connectivity index (χ4v) is 3.38. The Morgan fingerprint density at radius 2 is 1.73 bits per heavy atom. The van der Waals surface area contributed by atoms with E-state index in [0.29, 0.717) is 5.02 Å². The highest BCUT2D eigenvalue weighted by Crippen LogP contribution is 2.27. The third-order valence-corrected chi connectivity index (χ3v) is 5.06. The van der Waals surface area contributed by atoms with E-state index in [-0.39, 0.29) is 6.04 Å². The Morgan fingerprint density at radius 3 is 2.42 bits per heavy atom. The second kappa shape index (κ2) is 7.48. The molecule has 3 aromatic rings. The number of aromatic nitrogens is 2. The topological polar surface area (TPSA) is 45.4 Å². The summed E-state index contributed by atoms with van der Waals surface area (Å²) in [6, 6.07) is 14.1. The molecule has 0 radical (unpaired) electrons. The molecule has 1 aromatic carbocycles. The van der Waals surface area contributed by atoms with Gasteiger partial charge in [-0.05, 0) is 19.1 Å². The number of hydrogen-bond acceptors (Lipinski definition) is 5. The molecule has 26 heavy (non-hydrogen) atoms. The molecule has 1 unspecified atom stereocenters. The van der Waals surface area contributed by atoms with Gasteiger partial charge in [-0.3, -0.25) is 4.90 Å². The Kier molecular flexibility index (Phi) is 4.91. The van der Waals surface area contributed by atoms with Gasteiger partial charge in [0.2, 0.25) is 5.89 Å². The minimum atomic E-state index is 0.146. The maximum Gasteiger partial charge on any atom is 0.211 e. The van der Waals surface area contributed by atoms with Gasteiger partial charge in [-0.1, -0.05) is 41.9 Å². The standard InChI is InChI=1S/C20H21ClN4O/c1-15(20-23-14-18(26-20)16-5-3-2-4-6-16)24-9-11-25(12-10-24)19-8-7-17(21)13-22-19/h2-8,13-15H,9-12H2,1H3. The Hall–Kier alpha value is -2.37.